The first-order valence-corrected chi connectivity index (χ1v) is 7.98. The Kier molecular flexibility index (Phi) is 6.66. The van der Waals surface area contributed by atoms with Gasteiger partial charge in [0.2, 0.25) is 5.91 Å². The summed E-state index contributed by atoms with van der Waals surface area (Å²) < 4.78 is 32.0. The molecule has 1 atom stereocenters. The quantitative estimate of drug-likeness (QED) is 0.755. The van der Waals surface area contributed by atoms with Gasteiger partial charge in [0.1, 0.15) is 5.82 Å². The van der Waals surface area contributed by atoms with E-state index in [0.29, 0.717) is 11.1 Å². The fourth-order valence-electron chi connectivity index (χ4n) is 2.54. The average molecular weight is 363 g/mol. The minimum Gasteiger partial charge on any atom is -0.494 e. The monoisotopic (exact) mass is 363 g/mol. The van der Waals surface area contributed by atoms with Crippen LogP contribution < -0.4 is 10.1 Å². The molecule has 0 saturated carbocycles. The van der Waals surface area contributed by atoms with Crippen LogP contribution in [0.2, 0.25) is 0 Å². The van der Waals surface area contributed by atoms with Gasteiger partial charge in [0.25, 0.3) is 0 Å². The summed E-state index contributed by atoms with van der Waals surface area (Å²) in [5, 5.41) is 11.6. The molecule has 2 aromatic rings. The van der Waals surface area contributed by atoms with Crippen LogP contribution in [-0.2, 0) is 16.0 Å². The van der Waals surface area contributed by atoms with Crippen molar-refractivity contribution in [1.82, 2.24) is 5.32 Å². The van der Waals surface area contributed by atoms with Gasteiger partial charge in [0.15, 0.2) is 11.6 Å². The summed E-state index contributed by atoms with van der Waals surface area (Å²) in [6, 6.07) is 9.10. The Hall–Kier alpha value is -2.96. The summed E-state index contributed by atoms with van der Waals surface area (Å²) in [4.78, 5) is 23.2. The van der Waals surface area contributed by atoms with E-state index in [0.717, 1.165) is 0 Å². The lowest BCUT2D eigenvalue weighted by atomic mass is 10.0. The zero-order valence-electron chi connectivity index (χ0n) is 14.2. The molecule has 5 nitrogen and oxygen atoms in total. The van der Waals surface area contributed by atoms with E-state index >= 15 is 0 Å². The zero-order valence-corrected chi connectivity index (χ0v) is 14.2. The molecule has 0 radical (unpaired) electrons. The van der Waals surface area contributed by atoms with Gasteiger partial charge in [0, 0.05) is 6.42 Å². The highest BCUT2D eigenvalue weighted by Gasteiger charge is 2.19. The summed E-state index contributed by atoms with van der Waals surface area (Å²) in [7, 11) is 1.36. The first-order valence-electron chi connectivity index (χ1n) is 7.98. The Morgan fingerprint density at radius 1 is 1.15 bits per heavy atom. The highest BCUT2D eigenvalue weighted by molar-refractivity contribution is 5.78. The predicted molar refractivity (Wildman–Crippen MR) is 90.8 cm³/mol. The summed E-state index contributed by atoms with van der Waals surface area (Å²) >= 11 is 0. The van der Waals surface area contributed by atoms with Gasteiger partial charge in [-0.1, -0.05) is 24.3 Å². The minimum atomic E-state index is -1.10. The Bertz CT molecular complexity index is 778. The van der Waals surface area contributed by atoms with Gasteiger partial charge >= 0.3 is 5.97 Å². The van der Waals surface area contributed by atoms with E-state index in [-0.39, 0.29) is 25.0 Å². The van der Waals surface area contributed by atoms with E-state index in [2.05, 4.69) is 5.32 Å². The number of methoxy groups -OCH3 is 1. The van der Waals surface area contributed by atoms with E-state index in [9.17, 15) is 18.4 Å². The lowest BCUT2D eigenvalue weighted by Crippen LogP contribution is -2.30. The van der Waals surface area contributed by atoms with Crippen molar-refractivity contribution in [1.29, 1.82) is 0 Å². The summed E-state index contributed by atoms with van der Waals surface area (Å²) in [6.45, 7) is 0. The van der Waals surface area contributed by atoms with Crippen LogP contribution in [0.15, 0.2) is 42.5 Å². The molecule has 0 aliphatic carbocycles. The number of hydrogen-bond acceptors (Lipinski definition) is 3. The molecule has 2 aromatic carbocycles. The standard InChI is InChI=1S/C19H19F2NO4/c1-26-16-4-2-3-13(19(16)21)7-10-17(23)22-15(11-18(24)25)12-5-8-14(20)9-6-12/h2-6,8-9,15H,7,10-11H2,1H3,(H,22,23)(H,24,25). The molecule has 0 aliphatic heterocycles. The second kappa shape index (κ2) is 8.94. The molecule has 0 heterocycles. The number of benzene rings is 2. The molecule has 26 heavy (non-hydrogen) atoms. The first kappa shape index (κ1) is 19.4. The molecule has 0 fully saturated rings. The smallest absolute Gasteiger partial charge is 0.305 e. The summed E-state index contributed by atoms with van der Waals surface area (Å²) in [5.41, 5.74) is 0.811. The second-order valence-electron chi connectivity index (χ2n) is 5.70. The summed E-state index contributed by atoms with van der Waals surface area (Å²) in [6.07, 6.45) is -0.232. The van der Waals surface area contributed by atoms with E-state index < -0.39 is 29.6 Å². The van der Waals surface area contributed by atoms with E-state index in [1.54, 1.807) is 12.1 Å². The molecule has 0 aliphatic rings. The maximum atomic E-state index is 14.1. The number of nitrogens with one attached hydrogen (secondary N) is 1. The number of halogens is 2. The number of rotatable bonds is 8. The third kappa shape index (κ3) is 5.27. The maximum Gasteiger partial charge on any atom is 0.305 e. The van der Waals surface area contributed by atoms with Crippen molar-refractivity contribution in [2.24, 2.45) is 0 Å². The van der Waals surface area contributed by atoms with Gasteiger partial charge in [-0.15, -0.1) is 0 Å². The fraction of sp³-hybridized carbons (Fsp3) is 0.263. The second-order valence-corrected chi connectivity index (χ2v) is 5.70. The fourth-order valence-corrected chi connectivity index (χ4v) is 2.54. The number of amides is 1. The molecule has 0 spiro atoms. The van der Waals surface area contributed by atoms with E-state index in [1.807, 2.05) is 0 Å². The van der Waals surface area contributed by atoms with E-state index in [1.165, 1.54) is 37.4 Å². The molecule has 2 rings (SSSR count). The average Bonchev–Trinajstić information content (AvgIpc) is 2.60. The Morgan fingerprint density at radius 3 is 2.46 bits per heavy atom. The Morgan fingerprint density at radius 2 is 1.85 bits per heavy atom. The topological polar surface area (TPSA) is 75.6 Å². The SMILES string of the molecule is COc1cccc(CCC(=O)NC(CC(=O)O)c2ccc(F)cc2)c1F. The van der Waals surface area contributed by atoms with Crippen molar-refractivity contribution in [2.45, 2.75) is 25.3 Å². The van der Waals surface area contributed by atoms with Crippen molar-refractivity contribution >= 4 is 11.9 Å². The number of aliphatic carboxylic acids is 1. The van der Waals surface area contributed by atoms with Crippen LogP contribution in [0.25, 0.3) is 0 Å². The van der Waals surface area contributed by atoms with Crippen molar-refractivity contribution in [3.8, 4) is 5.75 Å². The van der Waals surface area contributed by atoms with Crippen LogP contribution in [0.3, 0.4) is 0 Å². The molecule has 0 saturated heterocycles. The lowest BCUT2D eigenvalue weighted by Gasteiger charge is -2.17. The Balaban J connectivity index is 2.03. The van der Waals surface area contributed by atoms with Gasteiger partial charge in [0.05, 0.1) is 19.6 Å². The minimum absolute atomic E-state index is 0.0264. The normalized spacial score (nSPS) is 11.7. The van der Waals surface area contributed by atoms with Gasteiger partial charge in [-0.3, -0.25) is 9.59 Å². The zero-order chi connectivity index (χ0) is 19.1. The number of ether oxygens (including phenoxy) is 1. The van der Waals surface area contributed by atoms with Gasteiger partial charge in [-0.05, 0) is 35.7 Å². The van der Waals surface area contributed by atoms with Crippen molar-refractivity contribution in [3.05, 3.63) is 65.2 Å². The number of carboxylic acids is 1. The van der Waals surface area contributed by atoms with Gasteiger partial charge in [-0.25, -0.2) is 8.78 Å². The highest BCUT2D eigenvalue weighted by atomic mass is 19.1. The number of aryl methyl sites for hydroxylation is 1. The third-order valence-corrected chi connectivity index (χ3v) is 3.87. The first-order chi connectivity index (χ1) is 12.4. The summed E-state index contributed by atoms with van der Waals surface area (Å²) in [5.74, 6) is -2.41. The lowest BCUT2D eigenvalue weighted by molar-refractivity contribution is -0.137. The van der Waals surface area contributed by atoms with Crippen LogP contribution in [0.5, 0.6) is 5.75 Å². The number of carbonyl (C=O) groups excluding carboxylic acids is 1. The maximum absolute atomic E-state index is 14.1. The van der Waals surface area contributed by atoms with Crippen LogP contribution in [0, 0.1) is 11.6 Å². The van der Waals surface area contributed by atoms with Gasteiger partial charge < -0.3 is 15.2 Å². The molecule has 0 bridgehead atoms. The van der Waals surface area contributed by atoms with Crippen LogP contribution in [0.4, 0.5) is 8.78 Å². The van der Waals surface area contributed by atoms with Crippen molar-refractivity contribution in [3.63, 3.8) is 0 Å². The number of hydrogen-bond donors (Lipinski definition) is 2. The molecule has 0 aromatic heterocycles. The van der Waals surface area contributed by atoms with Crippen LogP contribution in [-0.4, -0.2) is 24.1 Å². The molecular weight excluding hydrogens is 344 g/mol. The largest absolute Gasteiger partial charge is 0.494 e. The Labute approximate surface area is 149 Å². The predicted octanol–water partition coefficient (Wildman–Crippen LogP) is 3.24. The molecule has 1 amide bonds. The van der Waals surface area contributed by atoms with Gasteiger partial charge in [-0.2, -0.15) is 0 Å². The number of carbonyl (C=O) groups is 2. The molecular formula is C19H19F2NO4. The van der Waals surface area contributed by atoms with Crippen LogP contribution >= 0.6 is 0 Å². The highest BCUT2D eigenvalue weighted by Crippen LogP contribution is 2.22. The third-order valence-electron chi connectivity index (χ3n) is 3.87. The van der Waals surface area contributed by atoms with Crippen molar-refractivity contribution < 1.29 is 28.2 Å². The molecule has 138 valence electrons. The van der Waals surface area contributed by atoms with E-state index in [4.69, 9.17) is 9.84 Å². The number of carboxylic acid groups (broad SMARTS) is 1. The van der Waals surface area contributed by atoms with Crippen molar-refractivity contribution in [2.75, 3.05) is 7.11 Å². The molecule has 1 unspecified atom stereocenters. The molecule has 2 N–H and O–H groups in total. The molecule has 7 heteroatoms. The van der Waals surface area contributed by atoms with Crippen LogP contribution in [0.1, 0.15) is 30.0 Å².